The molecule has 21 heavy (non-hydrogen) atoms. The topological polar surface area (TPSA) is 58.6 Å². The van der Waals surface area contributed by atoms with Gasteiger partial charge < -0.3 is 4.98 Å². The number of hydrogen-bond acceptors (Lipinski definition) is 3. The average molecular weight is 344 g/mol. The van der Waals surface area contributed by atoms with Crippen LogP contribution in [-0.4, -0.2) is 15.0 Å². The highest BCUT2D eigenvalue weighted by molar-refractivity contribution is 9.10. The summed E-state index contributed by atoms with van der Waals surface area (Å²) in [7, 11) is 0. The summed E-state index contributed by atoms with van der Waals surface area (Å²) in [6.45, 7) is 3.78. The van der Waals surface area contributed by atoms with E-state index in [2.05, 4.69) is 30.9 Å². The summed E-state index contributed by atoms with van der Waals surface area (Å²) in [6, 6.07) is 9.84. The molecule has 0 amide bonds. The Morgan fingerprint density at radius 3 is 2.76 bits per heavy atom. The van der Waals surface area contributed by atoms with Crippen molar-refractivity contribution in [2.75, 3.05) is 0 Å². The van der Waals surface area contributed by atoms with Crippen LogP contribution in [0.25, 0.3) is 22.4 Å². The molecule has 0 saturated heterocycles. The van der Waals surface area contributed by atoms with Crippen molar-refractivity contribution < 1.29 is 0 Å². The molecule has 0 aliphatic carbocycles. The minimum atomic E-state index is -0.112. The van der Waals surface area contributed by atoms with Crippen molar-refractivity contribution in [2.45, 2.75) is 20.3 Å². The largest absolute Gasteiger partial charge is 0.305 e. The Balaban J connectivity index is 2.27. The number of halogens is 1. The fourth-order valence-corrected chi connectivity index (χ4v) is 2.81. The SMILES string of the molecule is CCc1nc(-c2nc3ccccc3cc2Br)[nH]c(=O)c1C. The van der Waals surface area contributed by atoms with Crippen LogP contribution in [0.3, 0.4) is 0 Å². The van der Waals surface area contributed by atoms with Crippen molar-refractivity contribution >= 4 is 26.8 Å². The molecule has 0 bridgehead atoms. The van der Waals surface area contributed by atoms with Crippen molar-refractivity contribution in [3.05, 3.63) is 56.4 Å². The van der Waals surface area contributed by atoms with Gasteiger partial charge in [-0.3, -0.25) is 4.79 Å². The molecule has 0 saturated carbocycles. The highest BCUT2D eigenvalue weighted by Crippen LogP contribution is 2.27. The summed E-state index contributed by atoms with van der Waals surface area (Å²) < 4.78 is 0.815. The Bertz CT molecular complexity index is 886. The standard InChI is InChI=1S/C16H14BrN3O/c1-3-12-9(2)16(21)20-15(19-12)14-11(17)8-10-6-4-5-7-13(10)18-14/h4-8H,3H2,1-2H3,(H,19,20,21). The predicted octanol–water partition coefficient (Wildman–Crippen LogP) is 3.62. The number of aromatic nitrogens is 3. The maximum atomic E-state index is 12.0. The number of nitrogens with one attached hydrogen (secondary N) is 1. The van der Waals surface area contributed by atoms with E-state index in [1.165, 1.54) is 0 Å². The fraction of sp³-hybridized carbons (Fsp3) is 0.188. The van der Waals surface area contributed by atoms with Gasteiger partial charge >= 0.3 is 0 Å². The van der Waals surface area contributed by atoms with Gasteiger partial charge in [-0.05, 0) is 41.4 Å². The Hall–Kier alpha value is -2.01. The maximum Gasteiger partial charge on any atom is 0.254 e. The fourth-order valence-electron chi connectivity index (χ4n) is 2.29. The van der Waals surface area contributed by atoms with Crippen LogP contribution in [0.2, 0.25) is 0 Å². The van der Waals surface area contributed by atoms with Gasteiger partial charge in [0.15, 0.2) is 5.82 Å². The first-order valence-corrected chi connectivity index (χ1v) is 7.55. The molecule has 4 nitrogen and oxygen atoms in total. The first kappa shape index (κ1) is 13.9. The Kier molecular flexibility index (Phi) is 3.59. The monoisotopic (exact) mass is 343 g/mol. The van der Waals surface area contributed by atoms with E-state index in [0.717, 1.165) is 21.1 Å². The number of rotatable bonds is 2. The average Bonchev–Trinajstić information content (AvgIpc) is 2.49. The van der Waals surface area contributed by atoms with Crippen LogP contribution in [0, 0.1) is 6.92 Å². The zero-order valence-electron chi connectivity index (χ0n) is 11.8. The van der Waals surface area contributed by atoms with Crippen molar-refractivity contribution in [1.29, 1.82) is 0 Å². The second-order valence-corrected chi connectivity index (χ2v) is 5.71. The highest BCUT2D eigenvalue weighted by atomic mass is 79.9. The molecule has 0 unspecified atom stereocenters. The molecule has 0 aliphatic heterocycles. The lowest BCUT2D eigenvalue weighted by atomic mass is 10.2. The van der Waals surface area contributed by atoms with Crippen molar-refractivity contribution in [3.63, 3.8) is 0 Å². The number of aryl methyl sites for hydroxylation is 1. The summed E-state index contributed by atoms with van der Waals surface area (Å²) in [5.74, 6) is 0.500. The number of aromatic amines is 1. The van der Waals surface area contributed by atoms with Crippen molar-refractivity contribution in [2.24, 2.45) is 0 Å². The van der Waals surface area contributed by atoms with Crippen molar-refractivity contribution in [1.82, 2.24) is 15.0 Å². The predicted molar refractivity (Wildman–Crippen MR) is 87.4 cm³/mol. The highest BCUT2D eigenvalue weighted by Gasteiger charge is 2.12. The van der Waals surface area contributed by atoms with Crippen LogP contribution in [0.5, 0.6) is 0 Å². The van der Waals surface area contributed by atoms with Crippen LogP contribution < -0.4 is 5.56 Å². The number of hydrogen-bond donors (Lipinski definition) is 1. The molecule has 3 aromatic rings. The quantitative estimate of drug-likeness (QED) is 0.772. The van der Waals surface area contributed by atoms with E-state index in [-0.39, 0.29) is 5.56 Å². The lowest BCUT2D eigenvalue weighted by molar-refractivity contribution is 0.949. The molecule has 0 fully saturated rings. The number of fused-ring (bicyclic) bond motifs is 1. The smallest absolute Gasteiger partial charge is 0.254 e. The van der Waals surface area contributed by atoms with Crippen LogP contribution >= 0.6 is 15.9 Å². The molecule has 0 atom stereocenters. The maximum absolute atomic E-state index is 12.0. The zero-order valence-corrected chi connectivity index (χ0v) is 13.4. The molecular weight excluding hydrogens is 330 g/mol. The molecule has 2 heterocycles. The molecule has 0 radical (unpaired) electrons. The first-order valence-electron chi connectivity index (χ1n) is 6.75. The van der Waals surface area contributed by atoms with E-state index in [0.29, 0.717) is 23.5 Å². The van der Waals surface area contributed by atoms with Gasteiger partial charge in [-0.1, -0.05) is 25.1 Å². The Morgan fingerprint density at radius 1 is 1.24 bits per heavy atom. The molecule has 106 valence electrons. The lowest BCUT2D eigenvalue weighted by Crippen LogP contribution is -2.16. The normalized spacial score (nSPS) is 11.0. The lowest BCUT2D eigenvalue weighted by Gasteiger charge is -2.08. The van der Waals surface area contributed by atoms with E-state index in [1.807, 2.05) is 37.3 Å². The number of nitrogens with zero attached hydrogens (tertiary/aromatic N) is 2. The molecule has 2 aromatic heterocycles. The molecule has 5 heteroatoms. The third-order valence-corrected chi connectivity index (χ3v) is 4.09. The number of para-hydroxylation sites is 1. The van der Waals surface area contributed by atoms with E-state index >= 15 is 0 Å². The summed E-state index contributed by atoms with van der Waals surface area (Å²) >= 11 is 3.52. The van der Waals surface area contributed by atoms with Gasteiger partial charge in [-0.15, -0.1) is 0 Å². The van der Waals surface area contributed by atoms with Gasteiger partial charge in [-0.2, -0.15) is 0 Å². The van der Waals surface area contributed by atoms with Crippen LogP contribution in [-0.2, 0) is 6.42 Å². The van der Waals surface area contributed by atoms with Gasteiger partial charge in [-0.25, -0.2) is 9.97 Å². The molecular formula is C16H14BrN3O. The van der Waals surface area contributed by atoms with E-state index in [9.17, 15) is 4.79 Å². The minimum Gasteiger partial charge on any atom is -0.305 e. The second kappa shape index (κ2) is 5.41. The molecule has 1 aromatic carbocycles. The van der Waals surface area contributed by atoms with Crippen LogP contribution in [0.1, 0.15) is 18.2 Å². The molecule has 1 N–H and O–H groups in total. The summed E-state index contributed by atoms with van der Waals surface area (Å²) in [4.78, 5) is 24.0. The molecule has 0 spiro atoms. The number of pyridine rings is 1. The third-order valence-electron chi connectivity index (χ3n) is 3.49. The Labute approximate surface area is 130 Å². The summed E-state index contributed by atoms with van der Waals surface area (Å²) in [5, 5.41) is 1.04. The Morgan fingerprint density at radius 2 is 2.00 bits per heavy atom. The van der Waals surface area contributed by atoms with Gasteiger partial charge in [0.2, 0.25) is 0 Å². The first-order chi connectivity index (χ1) is 10.1. The zero-order chi connectivity index (χ0) is 15.0. The third kappa shape index (κ3) is 2.49. The van der Waals surface area contributed by atoms with E-state index in [4.69, 9.17) is 0 Å². The molecule has 3 rings (SSSR count). The van der Waals surface area contributed by atoms with Gasteiger partial charge in [0.25, 0.3) is 5.56 Å². The molecule has 0 aliphatic rings. The van der Waals surface area contributed by atoms with E-state index < -0.39 is 0 Å². The summed E-state index contributed by atoms with van der Waals surface area (Å²) in [6.07, 6.45) is 0.716. The summed E-state index contributed by atoms with van der Waals surface area (Å²) in [5.41, 5.74) is 2.88. The number of benzene rings is 1. The number of H-pyrrole nitrogens is 1. The van der Waals surface area contributed by atoms with Crippen LogP contribution in [0.4, 0.5) is 0 Å². The van der Waals surface area contributed by atoms with Gasteiger partial charge in [0.1, 0.15) is 5.69 Å². The van der Waals surface area contributed by atoms with Crippen molar-refractivity contribution in [3.8, 4) is 11.5 Å². The minimum absolute atomic E-state index is 0.112. The second-order valence-electron chi connectivity index (χ2n) is 4.85. The van der Waals surface area contributed by atoms with Crippen LogP contribution in [0.15, 0.2) is 39.6 Å². The van der Waals surface area contributed by atoms with E-state index in [1.54, 1.807) is 6.92 Å². The van der Waals surface area contributed by atoms with Gasteiger partial charge in [0, 0.05) is 15.4 Å². The van der Waals surface area contributed by atoms with Gasteiger partial charge in [0.05, 0.1) is 11.2 Å².